The third-order valence-electron chi connectivity index (χ3n) is 2.70. The van der Waals surface area contributed by atoms with Gasteiger partial charge in [0.2, 0.25) is 0 Å². The van der Waals surface area contributed by atoms with Crippen LogP contribution >= 0.6 is 0 Å². The Balaban J connectivity index is 2.66. The lowest BCUT2D eigenvalue weighted by Crippen LogP contribution is -2.30. The fraction of sp³-hybridized carbons (Fsp3) is 0.500. The Kier molecular flexibility index (Phi) is 5.21. The molecule has 0 aromatic heterocycles. The van der Waals surface area contributed by atoms with Crippen molar-refractivity contribution in [3.05, 3.63) is 35.4 Å². The summed E-state index contributed by atoms with van der Waals surface area (Å²) in [6.45, 7) is 4.10. The molecule has 1 aromatic rings. The summed E-state index contributed by atoms with van der Waals surface area (Å²) in [6.07, 6.45) is 1.62. The molecule has 96 valence electrons. The molecule has 3 atom stereocenters. The van der Waals surface area contributed by atoms with Crippen LogP contribution in [0.2, 0.25) is 0 Å². The smallest absolute Gasteiger partial charge is 0.128 e. The standard InChI is InChI=1S/C12H17F2NOS/c1-8(17(3)16)7-15-9(2)11-6-10(13)4-5-12(11)14/h4-6,8-9,15H,7H2,1-3H3. The van der Waals surface area contributed by atoms with E-state index >= 15 is 0 Å². The van der Waals surface area contributed by atoms with Crippen molar-refractivity contribution in [2.75, 3.05) is 12.8 Å². The van der Waals surface area contributed by atoms with Gasteiger partial charge in [0.1, 0.15) is 11.6 Å². The Morgan fingerprint density at radius 1 is 1.35 bits per heavy atom. The van der Waals surface area contributed by atoms with Crippen LogP contribution in [-0.4, -0.2) is 22.3 Å². The predicted molar refractivity (Wildman–Crippen MR) is 66.3 cm³/mol. The second kappa shape index (κ2) is 6.21. The van der Waals surface area contributed by atoms with Crippen molar-refractivity contribution in [1.82, 2.24) is 5.32 Å². The number of hydrogen-bond acceptors (Lipinski definition) is 2. The highest BCUT2D eigenvalue weighted by atomic mass is 32.2. The second-order valence-corrected chi connectivity index (χ2v) is 5.91. The minimum atomic E-state index is -0.923. The van der Waals surface area contributed by atoms with Gasteiger partial charge in [0, 0.05) is 40.5 Å². The number of rotatable bonds is 5. The summed E-state index contributed by atoms with van der Waals surface area (Å²) in [6, 6.07) is 3.08. The molecule has 1 rings (SSSR count). The van der Waals surface area contributed by atoms with Crippen molar-refractivity contribution < 1.29 is 13.0 Å². The van der Waals surface area contributed by atoms with Crippen molar-refractivity contribution in [3.63, 3.8) is 0 Å². The predicted octanol–water partition coefficient (Wildman–Crippen LogP) is 2.38. The highest BCUT2D eigenvalue weighted by molar-refractivity contribution is 7.84. The molecule has 2 nitrogen and oxygen atoms in total. The summed E-state index contributed by atoms with van der Waals surface area (Å²) >= 11 is 0. The number of halogens is 2. The maximum atomic E-state index is 13.4. The molecule has 0 spiro atoms. The van der Waals surface area contributed by atoms with E-state index < -0.39 is 22.4 Å². The Hall–Kier alpha value is -0.810. The molecular formula is C12H17F2NOS. The van der Waals surface area contributed by atoms with E-state index in [1.165, 1.54) is 6.07 Å². The minimum absolute atomic E-state index is 0.0194. The van der Waals surface area contributed by atoms with Crippen molar-refractivity contribution in [3.8, 4) is 0 Å². The molecule has 3 unspecified atom stereocenters. The highest BCUT2D eigenvalue weighted by Gasteiger charge is 2.13. The van der Waals surface area contributed by atoms with Crippen LogP contribution in [0.5, 0.6) is 0 Å². The van der Waals surface area contributed by atoms with Gasteiger partial charge in [-0.1, -0.05) is 0 Å². The zero-order valence-electron chi connectivity index (χ0n) is 10.2. The molecule has 0 bridgehead atoms. The molecule has 0 radical (unpaired) electrons. The summed E-state index contributed by atoms with van der Waals surface area (Å²) in [5.41, 5.74) is 0.291. The Morgan fingerprint density at radius 2 is 2.00 bits per heavy atom. The first kappa shape index (κ1) is 14.3. The van der Waals surface area contributed by atoms with Crippen molar-refractivity contribution in [2.24, 2.45) is 0 Å². The molecule has 0 amide bonds. The molecule has 1 N–H and O–H groups in total. The van der Waals surface area contributed by atoms with Gasteiger partial charge in [-0.15, -0.1) is 0 Å². The number of benzene rings is 1. The summed E-state index contributed by atoms with van der Waals surface area (Å²) in [4.78, 5) is 0. The van der Waals surface area contributed by atoms with Crippen molar-refractivity contribution >= 4 is 10.8 Å². The molecule has 17 heavy (non-hydrogen) atoms. The van der Waals surface area contributed by atoms with Crippen LogP contribution < -0.4 is 5.32 Å². The molecule has 0 fully saturated rings. The first-order chi connectivity index (χ1) is 7.91. The van der Waals surface area contributed by atoms with Crippen LogP contribution in [0.4, 0.5) is 8.78 Å². The van der Waals surface area contributed by atoms with Gasteiger partial charge in [0.05, 0.1) is 0 Å². The van der Waals surface area contributed by atoms with Gasteiger partial charge in [-0.3, -0.25) is 4.21 Å². The van der Waals surface area contributed by atoms with E-state index in [0.29, 0.717) is 12.1 Å². The van der Waals surface area contributed by atoms with Crippen molar-refractivity contribution in [2.45, 2.75) is 25.1 Å². The van der Waals surface area contributed by atoms with Crippen molar-refractivity contribution in [1.29, 1.82) is 0 Å². The van der Waals surface area contributed by atoms with E-state index in [-0.39, 0.29) is 11.3 Å². The minimum Gasteiger partial charge on any atom is -0.309 e. The topological polar surface area (TPSA) is 29.1 Å². The van der Waals surface area contributed by atoms with Gasteiger partial charge in [-0.25, -0.2) is 8.78 Å². The number of nitrogens with one attached hydrogen (secondary N) is 1. The molecule has 0 saturated carbocycles. The average molecular weight is 261 g/mol. The molecule has 0 aliphatic heterocycles. The van der Waals surface area contributed by atoms with Gasteiger partial charge >= 0.3 is 0 Å². The molecular weight excluding hydrogens is 244 g/mol. The maximum absolute atomic E-state index is 13.4. The van der Waals surface area contributed by atoms with Gasteiger partial charge in [-0.2, -0.15) is 0 Å². The fourth-order valence-corrected chi connectivity index (χ4v) is 1.75. The quantitative estimate of drug-likeness (QED) is 0.881. The molecule has 0 heterocycles. The zero-order chi connectivity index (χ0) is 13.0. The van der Waals surface area contributed by atoms with E-state index in [2.05, 4.69) is 5.32 Å². The zero-order valence-corrected chi connectivity index (χ0v) is 11.0. The third kappa shape index (κ3) is 4.16. The molecule has 5 heteroatoms. The Labute approximate surface area is 103 Å². The molecule has 0 saturated heterocycles. The van der Waals surface area contributed by atoms with Crippen LogP contribution in [-0.2, 0) is 10.8 Å². The largest absolute Gasteiger partial charge is 0.309 e. The van der Waals surface area contributed by atoms with E-state index in [0.717, 1.165) is 12.1 Å². The maximum Gasteiger partial charge on any atom is 0.128 e. The molecule has 0 aliphatic rings. The summed E-state index contributed by atoms with van der Waals surface area (Å²) in [5.74, 6) is -0.890. The Bertz CT molecular complexity index is 411. The SMILES string of the molecule is CC(NCC(C)S(C)=O)c1cc(F)ccc1F. The molecule has 1 aromatic carbocycles. The first-order valence-corrected chi connectivity index (χ1v) is 7.04. The van der Waals surface area contributed by atoms with Gasteiger partial charge < -0.3 is 5.32 Å². The third-order valence-corrected chi connectivity index (χ3v) is 4.00. The Morgan fingerprint density at radius 3 is 2.59 bits per heavy atom. The highest BCUT2D eigenvalue weighted by Crippen LogP contribution is 2.17. The summed E-state index contributed by atoms with van der Waals surface area (Å²) in [5, 5.41) is 3.03. The number of hydrogen-bond donors (Lipinski definition) is 1. The second-order valence-electron chi connectivity index (χ2n) is 4.10. The van der Waals surface area contributed by atoms with E-state index in [4.69, 9.17) is 0 Å². The van der Waals surface area contributed by atoms with Crippen LogP contribution in [0.15, 0.2) is 18.2 Å². The van der Waals surface area contributed by atoms with Crippen LogP contribution in [0.25, 0.3) is 0 Å². The fourth-order valence-electron chi connectivity index (χ4n) is 1.42. The van der Waals surface area contributed by atoms with Crippen LogP contribution in [0, 0.1) is 11.6 Å². The van der Waals surface area contributed by atoms with Gasteiger partial charge in [0.25, 0.3) is 0 Å². The average Bonchev–Trinajstić information content (AvgIpc) is 2.28. The van der Waals surface area contributed by atoms with Gasteiger partial charge in [0.15, 0.2) is 0 Å². The lowest BCUT2D eigenvalue weighted by atomic mass is 10.1. The normalized spacial score (nSPS) is 16.5. The van der Waals surface area contributed by atoms with E-state index in [1.807, 2.05) is 6.92 Å². The first-order valence-electron chi connectivity index (χ1n) is 5.42. The van der Waals surface area contributed by atoms with Crippen LogP contribution in [0.3, 0.4) is 0 Å². The molecule has 0 aliphatic carbocycles. The monoisotopic (exact) mass is 261 g/mol. The van der Waals surface area contributed by atoms with E-state index in [1.54, 1.807) is 13.2 Å². The van der Waals surface area contributed by atoms with Crippen LogP contribution in [0.1, 0.15) is 25.5 Å². The van der Waals surface area contributed by atoms with E-state index in [9.17, 15) is 13.0 Å². The lowest BCUT2D eigenvalue weighted by molar-refractivity contribution is 0.518. The summed E-state index contributed by atoms with van der Waals surface area (Å²) in [7, 11) is -0.923. The van der Waals surface area contributed by atoms with Gasteiger partial charge in [-0.05, 0) is 32.0 Å². The lowest BCUT2D eigenvalue weighted by Gasteiger charge is -2.17. The summed E-state index contributed by atoms with van der Waals surface area (Å²) < 4.78 is 37.6.